The molecule has 0 aromatic carbocycles. The van der Waals surface area contributed by atoms with Crippen molar-refractivity contribution in [2.24, 2.45) is 11.8 Å². The van der Waals surface area contributed by atoms with E-state index in [1.807, 2.05) is 12.1 Å². The Morgan fingerprint density at radius 3 is 3.00 bits per heavy atom. The summed E-state index contributed by atoms with van der Waals surface area (Å²) in [5, 5.41) is 5.35. The van der Waals surface area contributed by atoms with E-state index >= 15 is 0 Å². The number of pyridine rings is 2. The monoisotopic (exact) mass is 419 g/mol. The maximum atomic E-state index is 12.7. The summed E-state index contributed by atoms with van der Waals surface area (Å²) >= 11 is 5.96. The second kappa shape index (κ2) is 5.42. The first-order chi connectivity index (χ1) is 14.7. The molecule has 10 heteroatoms. The Morgan fingerprint density at radius 1 is 1.23 bits per heavy atom. The number of fused-ring (bicyclic) bond motifs is 2. The molecular weight excluding hydrogens is 406 g/mol. The van der Waals surface area contributed by atoms with Gasteiger partial charge in [-0.1, -0.05) is 16.8 Å². The zero-order valence-electron chi connectivity index (χ0n) is 15.5. The van der Waals surface area contributed by atoms with Crippen LogP contribution in [0.15, 0.2) is 52.3 Å². The summed E-state index contributed by atoms with van der Waals surface area (Å²) in [6.07, 6.45) is 4.75. The SMILES string of the molecule is O=c1c2cccnc2ncn1Cc1nc([C@@]23C4[C@H]2[C@H]3CN4c2ccc(Cl)cn2)no1. The average molecular weight is 420 g/mol. The lowest BCUT2D eigenvalue weighted by atomic mass is 10.1. The molecular formula is C20H14ClN7O2. The molecule has 0 N–H and O–H groups in total. The highest BCUT2D eigenvalue weighted by Crippen LogP contribution is 2.85. The third-order valence-corrected chi connectivity index (χ3v) is 6.93. The first kappa shape index (κ1) is 16.5. The highest BCUT2D eigenvalue weighted by Gasteiger charge is 2.95. The number of aromatic nitrogens is 6. The number of halogens is 1. The van der Waals surface area contributed by atoms with Gasteiger partial charge in [-0.3, -0.25) is 9.36 Å². The van der Waals surface area contributed by atoms with E-state index in [4.69, 9.17) is 16.1 Å². The van der Waals surface area contributed by atoms with E-state index < -0.39 is 0 Å². The van der Waals surface area contributed by atoms with Gasteiger partial charge in [-0.05, 0) is 30.2 Å². The van der Waals surface area contributed by atoms with E-state index in [-0.39, 0.29) is 17.5 Å². The van der Waals surface area contributed by atoms with Crippen LogP contribution < -0.4 is 10.5 Å². The lowest BCUT2D eigenvalue weighted by molar-refractivity contribution is 0.362. The average Bonchev–Trinajstić information content (AvgIpc) is 3.31. The topological polar surface area (TPSA) is 103 Å². The number of nitrogens with zero attached hydrogens (tertiary/aromatic N) is 7. The molecule has 4 aromatic heterocycles. The molecule has 0 radical (unpaired) electrons. The van der Waals surface area contributed by atoms with Crippen LogP contribution in [0.25, 0.3) is 11.0 Å². The molecule has 9 nitrogen and oxygen atoms in total. The van der Waals surface area contributed by atoms with Crippen LogP contribution >= 0.6 is 11.6 Å². The summed E-state index contributed by atoms with van der Waals surface area (Å²) in [4.78, 5) is 32.4. The van der Waals surface area contributed by atoms with Gasteiger partial charge in [-0.15, -0.1) is 0 Å². The van der Waals surface area contributed by atoms with Crippen LogP contribution in [0, 0.1) is 11.8 Å². The van der Waals surface area contributed by atoms with Gasteiger partial charge in [0.25, 0.3) is 5.56 Å². The summed E-state index contributed by atoms with van der Waals surface area (Å²) in [7, 11) is 0. The van der Waals surface area contributed by atoms with Crippen molar-refractivity contribution in [3.63, 3.8) is 0 Å². The maximum Gasteiger partial charge on any atom is 0.263 e. The minimum absolute atomic E-state index is 0.0282. The van der Waals surface area contributed by atoms with Gasteiger partial charge in [0, 0.05) is 30.9 Å². The Morgan fingerprint density at radius 2 is 2.17 bits per heavy atom. The van der Waals surface area contributed by atoms with Crippen molar-refractivity contribution in [3.8, 4) is 0 Å². The number of hydrogen-bond donors (Lipinski definition) is 0. The van der Waals surface area contributed by atoms with Crippen LogP contribution in [-0.2, 0) is 12.0 Å². The summed E-state index contributed by atoms with van der Waals surface area (Å²) in [5.74, 6) is 3.15. The van der Waals surface area contributed by atoms with E-state index in [9.17, 15) is 4.79 Å². The maximum absolute atomic E-state index is 12.7. The predicted molar refractivity (Wildman–Crippen MR) is 106 cm³/mol. The Bertz CT molecular complexity index is 1380. The molecule has 4 aromatic rings. The zero-order chi connectivity index (χ0) is 20.0. The molecule has 30 heavy (non-hydrogen) atoms. The molecule has 4 aliphatic rings. The Kier molecular flexibility index (Phi) is 2.98. The van der Waals surface area contributed by atoms with Gasteiger partial charge in [0.2, 0.25) is 5.89 Å². The van der Waals surface area contributed by atoms with E-state index in [0.717, 1.165) is 18.2 Å². The van der Waals surface area contributed by atoms with Crippen molar-refractivity contribution in [2.45, 2.75) is 18.0 Å². The molecule has 2 aliphatic heterocycles. The molecule has 1 unspecified atom stereocenters. The van der Waals surface area contributed by atoms with E-state index in [2.05, 4.69) is 30.0 Å². The minimum Gasteiger partial charge on any atom is -0.352 e. The minimum atomic E-state index is -0.179. The highest BCUT2D eigenvalue weighted by molar-refractivity contribution is 6.30. The lowest BCUT2D eigenvalue weighted by Gasteiger charge is -2.17. The first-order valence-electron chi connectivity index (χ1n) is 9.69. The summed E-state index contributed by atoms with van der Waals surface area (Å²) < 4.78 is 6.96. The van der Waals surface area contributed by atoms with Crippen molar-refractivity contribution >= 4 is 28.5 Å². The fourth-order valence-electron chi connectivity index (χ4n) is 5.26. The number of anilines is 1. The normalized spacial score (nSPS) is 28.0. The van der Waals surface area contributed by atoms with Crippen LogP contribution in [-0.4, -0.2) is 42.2 Å². The van der Waals surface area contributed by atoms with Gasteiger partial charge >= 0.3 is 0 Å². The molecule has 2 saturated heterocycles. The molecule has 0 amide bonds. The van der Waals surface area contributed by atoms with Crippen LogP contribution in [0.5, 0.6) is 0 Å². The lowest BCUT2D eigenvalue weighted by Crippen LogP contribution is -2.24. The fraction of sp³-hybridized carbons (Fsp3) is 0.300. The van der Waals surface area contributed by atoms with Crippen LogP contribution in [0.4, 0.5) is 5.82 Å². The zero-order valence-corrected chi connectivity index (χ0v) is 16.3. The third kappa shape index (κ3) is 1.97. The number of hydrogen-bond acceptors (Lipinski definition) is 8. The largest absolute Gasteiger partial charge is 0.352 e. The first-order valence-corrected chi connectivity index (χ1v) is 10.1. The van der Waals surface area contributed by atoms with Gasteiger partial charge in [-0.25, -0.2) is 15.0 Å². The van der Waals surface area contributed by atoms with E-state index in [0.29, 0.717) is 39.8 Å². The predicted octanol–water partition coefficient (Wildman–Crippen LogP) is 1.66. The number of piperidine rings is 1. The van der Waals surface area contributed by atoms with Crippen LogP contribution in [0.3, 0.4) is 0 Å². The quantitative estimate of drug-likeness (QED) is 0.492. The highest BCUT2D eigenvalue weighted by atomic mass is 35.5. The number of rotatable bonds is 4. The summed E-state index contributed by atoms with van der Waals surface area (Å²) in [6.45, 7) is 1.12. The van der Waals surface area contributed by atoms with Crippen molar-refractivity contribution in [2.75, 3.05) is 11.4 Å². The van der Waals surface area contributed by atoms with Crippen molar-refractivity contribution < 1.29 is 4.52 Å². The van der Waals surface area contributed by atoms with E-state index in [1.54, 1.807) is 24.5 Å². The second-order valence-electron chi connectivity index (χ2n) is 8.06. The molecule has 4 fully saturated rings. The Balaban J connectivity index is 1.15. The second-order valence-corrected chi connectivity index (χ2v) is 8.50. The smallest absolute Gasteiger partial charge is 0.263 e. The van der Waals surface area contributed by atoms with Crippen molar-refractivity contribution in [3.05, 3.63) is 70.1 Å². The summed E-state index contributed by atoms with van der Waals surface area (Å²) in [6, 6.07) is 7.60. The van der Waals surface area contributed by atoms with Gasteiger partial charge in [0.15, 0.2) is 11.5 Å². The van der Waals surface area contributed by atoms with Crippen molar-refractivity contribution in [1.29, 1.82) is 0 Å². The molecule has 4 atom stereocenters. The molecule has 6 heterocycles. The van der Waals surface area contributed by atoms with Crippen LogP contribution in [0.2, 0.25) is 5.02 Å². The summed E-state index contributed by atoms with van der Waals surface area (Å²) in [5.41, 5.74) is 0.219. The standard InChI is InChI=1S/C20H14ClN7O2/c21-10-3-4-13(23-6-10)28-7-12-15-16(28)20(12,15)19-25-14(30-26-19)8-27-9-24-17-11(18(27)29)2-1-5-22-17/h1-6,9,12,15-16H,7-8H2/t12-,15-,16?,20-/m1/s1. The molecule has 148 valence electrons. The molecule has 8 rings (SSSR count). The van der Waals surface area contributed by atoms with Gasteiger partial charge in [0.05, 0.1) is 15.8 Å². The van der Waals surface area contributed by atoms with Gasteiger partial charge in [0.1, 0.15) is 18.7 Å². The third-order valence-electron chi connectivity index (χ3n) is 6.70. The Hall–Kier alpha value is -3.33. The molecule has 2 saturated carbocycles. The van der Waals surface area contributed by atoms with E-state index in [1.165, 1.54) is 10.9 Å². The molecule has 0 spiro atoms. The van der Waals surface area contributed by atoms with Gasteiger partial charge in [-0.2, -0.15) is 4.98 Å². The molecule has 2 bridgehead atoms. The Labute approximate surface area is 174 Å². The van der Waals surface area contributed by atoms with Crippen LogP contribution in [0.1, 0.15) is 11.7 Å². The van der Waals surface area contributed by atoms with Gasteiger partial charge < -0.3 is 9.42 Å². The molecule has 2 aliphatic carbocycles. The van der Waals surface area contributed by atoms with Crippen molar-refractivity contribution in [1.82, 2.24) is 29.7 Å². The fourth-order valence-corrected chi connectivity index (χ4v) is 5.37.